The normalized spacial score (nSPS) is 17.8. The number of hydrogen-bond acceptors (Lipinski definition) is 1. The first-order valence-corrected chi connectivity index (χ1v) is 8.51. The van der Waals surface area contributed by atoms with Gasteiger partial charge in [0.2, 0.25) is 0 Å². The summed E-state index contributed by atoms with van der Waals surface area (Å²) in [4.78, 5) is 0. The molecule has 25 heavy (non-hydrogen) atoms. The second kappa shape index (κ2) is 6.54. The van der Waals surface area contributed by atoms with Crippen LogP contribution in [0.15, 0.2) is 109 Å². The highest BCUT2D eigenvalue weighted by molar-refractivity contribution is 5.67. The first kappa shape index (κ1) is 15.6. The van der Waals surface area contributed by atoms with Gasteiger partial charge in [0.25, 0.3) is 0 Å². The third kappa shape index (κ3) is 2.73. The molecule has 1 saturated heterocycles. The van der Waals surface area contributed by atoms with Crippen molar-refractivity contribution in [2.75, 3.05) is 6.61 Å². The molecule has 0 aliphatic carbocycles. The van der Waals surface area contributed by atoms with Gasteiger partial charge in [-0.2, -0.15) is 0 Å². The van der Waals surface area contributed by atoms with Crippen molar-refractivity contribution in [1.29, 1.82) is 0 Å². The molecule has 4 rings (SSSR count). The van der Waals surface area contributed by atoms with Gasteiger partial charge in [-0.3, -0.25) is 0 Å². The van der Waals surface area contributed by atoms with E-state index in [1.54, 1.807) is 0 Å². The van der Waals surface area contributed by atoms with Crippen LogP contribution in [-0.4, -0.2) is 6.61 Å². The highest BCUT2D eigenvalue weighted by Gasteiger charge is 2.44. The van der Waals surface area contributed by atoms with Crippen LogP contribution >= 0.6 is 0 Å². The molecule has 3 aromatic rings. The Hall–Kier alpha value is -2.90. The summed E-state index contributed by atoms with van der Waals surface area (Å²) in [5.74, 6) is 0. The van der Waals surface area contributed by atoms with Crippen molar-refractivity contribution < 1.29 is 4.74 Å². The topological polar surface area (TPSA) is 9.23 Å². The third-order valence-corrected chi connectivity index (χ3v) is 4.69. The van der Waals surface area contributed by atoms with Gasteiger partial charge in [0.1, 0.15) is 5.60 Å². The lowest BCUT2D eigenvalue weighted by Crippen LogP contribution is -2.28. The molecule has 0 atom stereocenters. The van der Waals surface area contributed by atoms with Crippen molar-refractivity contribution in [3.8, 4) is 0 Å². The van der Waals surface area contributed by atoms with Crippen LogP contribution in [-0.2, 0) is 10.3 Å². The third-order valence-electron chi connectivity index (χ3n) is 4.69. The number of benzene rings is 3. The smallest absolute Gasteiger partial charge is 0.144 e. The molecular weight excluding hydrogens is 304 g/mol. The van der Waals surface area contributed by atoms with E-state index in [1.807, 2.05) is 18.2 Å². The number of rotatable bonds is 3. The molecule has 0 N–H and O–H groups in total. The summed E-state index contributed by atoms with van der Waals surface area (Å²) in [6.07, 6.45) is 2.20. The summed E-state index contributed by atoms with van der Waals surface area (Å²) in [5, 5.41) is 0. The van der Waals surface area contributed by atoms with Gasteiger partial charge in [-0.05, 0) is 33.9 Å². The average molecular weight is 324 g/mol. The lowest BCUT2D eigenvalue weighted by molar-refractivity contribution is 0.0590. The van der Waals surface area contributed by atoms with Gasteiger partial charge in [-0.25, -0.2) is 0 Å². The molecule has 1 aliphatic rings. The van der Waals surface area contributed by atoms with Crippen molar-refractivity contribution in [1.82, 2.24) is 0 Å². The molecule has 122 valence electrons. The zero-order chi connectivity index (χ0) is 17.1. The highest BCUT2D eigenvalue weighted by atomic mass is 16.5. The van der Waals surface area contributed by atoms with Crippen LogP contribution in [0.25, 0.3) is 6.08 Å². The molecule has 0 radical (unpaired) electrons. The van der Waals surface area contributed by atoms with E-state index >= 15 is 0 Å². The minimum absolute atomic E-state index is 0.530. The van der Waals surface area contributed by atoms with Gasteiger partial charge < -0.3 is 4.74 Å². The molecule has 0 unspecified atom stereocenters. The van der Waals surface area contributed by atoms with Gasteiger partial charge >= 0.3 is 0 Å². The Bertz CT molecular complexity index is 853. The summed E-state index contributed by atoms with van der Waals surface area (Å²) in [5.41, 5.74) is 4.94. The molecule has 1 heteroatoms. The van der Waals surface area contributed by atoms with Crippen LogP contribution in [0, 0.1) is 0 Å². The molecule has 3 aromatic carbocycles. The minimum atomic E-state index is -0.616. The fourth-order valence-electron chi connectivity index (χ4n) is 3.51. The van der Waals surface area contributed by atoms with Crippen LogP contribution in [0.4, 0.5) is 0 Å². The Labute approximate surface area is 148 Å². The lowest BCUT2D eigenvalue weighted by Gasteiger charge is -2.31. The fraction of sp³-hybridized carbons (Fsp3) is 0.0833. The van der Waals surface area contributed by atoms with Crippen molar-refractivity contribution in [2.24, 2.45) is 0 Å². The van der Waals surface area contributed by atoms with Gasteiger partial charge in [0.05, 0.1) is 6.61 Å². The maximum Gasteiger partial charge on any atom is 0.144 e. The first-order chi connectivity index (χ1) is 12.3. The molecule has 0 spiro atoms. The number of ether oxygens (including phenoxy) is 1. The van der Waals surface area contributed by atoms with E-state index in [9.17, 15) is 0 Å². The highest BCUT2D eigenvalue weighted by Crippen LogP contribution is 2.48. The standard InChI is InChI=1S/C24H20O/c1-19-18-25-24(21-13-7-3-8-14-21,22-15-9-4-10-16-22)23(19)17-20-11-5-2-6-12-20/h2-17H,1,18H2. The Balaban J connectivity index is 1.97. The van der Waals surface area contributed by atoms with E-state index in [1.165, 1.54) is 0 Å². The van der Waals surface area contributed by atoms with E-state index in [2.05, 4.69) is 85.5 Å². The van der Waals surface area contributed by atoms with E-state index in [0.717, 1.165) is 27.8 Å². The van der Waals surface area contributed by atoms with Gasteiger partial charge in [0, 0.05) is 0 Å². The Kier molecular flexibility index (Phi) is 4.09. The maximum atomic E-state index is 6.44. The molecule has 0 bridgehead atoms. The Morgan fingerprint density at radius 3 is 1.72 bits per heavy atom. The molecule has 1 fully saturated rings. The van der Waals surface area contributed by atoms with E-state index in [0.29, 0.717) is 6.61 Å². The zero-order valence-corrected chi connectivity index (χ0v) is 14.1. The van der Waals surface area contributed by atoms with Gasteiger partial charge in [-0.15, -0.1) is 0 Å². The van der Waals surface area contributed by atoms with Crippen LogP contribution < -0.4 is 0 Å². The predicted octanol–water partition coefficient (Wildman–Crippen LogP) is 5.60. The van der Waals surface area contributed by atoms with E-state index < -0.39 is 5.60 Å². The predicted molar refractivity (Wildman–Crippen MR) is 103 cm³/mol. The first-order valence-electron chi connectivity index (χ1n) is 8.51. The van der Waals surface area contributed by atoms with Crippen LogP contribution in [0.2, 0.25) is 0 Å². The quantitative estimate of drug-likeness (QED) is 0.609. The molecule has 0 saturated carbocycles. The van der Waals surface area contributed by atoms with Crippen LogP contribution in [0.3, 0.4) is 0 Å². The summed E-state index contributed by atoms with van der Waals surface area (Å²) < 4.78 is 6.44. The van der Waals surface area contributed by atoms with E-state index in [4.69, 9.17) is 4.74 Å². The van der Waals surface area contributed by atoms with Crippen molar-refractivity contribution in [3.05, 3.63) is 125 Å². The maximum absolute atomic E-state index is 6.44. The fourth-order valence-corrected chi connectivity index (χ4v) is 3.51. The summed E-state index contributed by atoms with van der Waals surface area (Å²) in [6, 6.07) is 31.2. The molecule has 0 aromatic heterocycles. The van der Waals surface area contributed by atoms with Crippen LogP contribution in [0.1, 0.15) is 16.7 Å². The summed E-state index contributed by atoms with van der Waals surface area (Å²) in [6.45, 7) is 4.81. The number of hydrogen-bond donors (Lipinski definition) is 0. The van der Waals surface area contributed by atoms with Gasteiger partial charge in [0.15, 0.2) is 0 Å². The lowest BCUT2D eigenvalue weighted by atomic mass is 9.78. The monoisotopic (exact) mass is 324 g/mol. The molecule has 1 nitrogen and oxygen atoms in total. The molecular formula is C24H20O. The molecule has 0 amide bonds. The SMILES string of the molecule is C=C1COC(c2ccccc2)(c2ccccc2)C1=Cc1ccccc1. The van der Waals surface area contributed by atoms with Crippen LogP contribution in [0.5, 0.6) is 0 Å². The second-order valence-corrected chi connectivity index (χ2v) is 6.27. The summed E-state index contributed by atoms with van der Waals surface area (Å²) >= 11 is 0. The second-order valence-electron chi connectivity index (χ2n) is 6.27. The molecule has 1 aliphatic heterocycles. The van der Waals surface area contributed by atoms with Crippen molar-refractivity contribution in [3.63, 3.8) is 0 Å². The zero-order valence-electron chi connectivity index (χ0n) is 14.1. The Morgan fingerprint density at radius 2 is 1.20 bits per heavy atom. The van der Waals surface area contributed by atoms with E-state index in [-0.39, 0.29) is 0 Å². The summed E-state index contributed by atoms with van der Waals surface area (Å²) in [7, 11) is 0. The Morgan fingerprint density at radius 1 is 0.720 bits per heavy atom. The molecule has 1 heterocycles. The van der Waals surface area contributed by atoms with Crippen molar-refractivity contribution in [2.45, 2.75) is 5.60 Å². The van der Waals surface area contributed by atoms with Crippen molar-refractivity contribution >= 4 is 6.08 Å². The largest absolute Gasteiger partial charge is 0.356 e. The average Bonchev–Trinajstić information content (AvgIpc) is 3.01. The van der Waals surface area contributed by atoms with Gasteiger partial charge in [-0.1, -0.05) is 97.6 Å². The minimum Gasteiger partial charge on any atom is -0.356 e.